The molecule has 0 bridgehead atoms. The van der Waals surface area contributed by atoms with E-state index in [1.165, 1.54) is 21.1 Å². The number of anilines is 2. The Labute approximate surface area is 365 Å². The highest BCUT2D eigenvalue weighted by Gasteiger charge is 2.36. The van der Waals surface area contributed by atoms with Crippen LogP contribution in [0.5, 0.6) is 0 Å². The van der Waals surface area contributed by atoms with Crippen LogP contribution in [0.1, 0.15) is 79.3 Å². The zero-order valence-corrected chi connectivity index (χ0v) is 37.7. The van der Waals surface area contributed by atoms with Gasteiger partial charge in [0.1, 0.15) is 23.4 Å². The summed E-state index contributed by atoms with van der Waals surface area (Å²) in [7, 11) is -6.51. The minimum atomic E-state index is -3.25. The van der Waals surface area contributed by atoms with Crippen LogP contribution in [0.2, 0.25) is 0 Å². The molecule has 3 amide bonds. The lowest BCUT2D eigenvalue weighted by Gasteiger charge is -2.20. The van der Waals surface area contributed by atoms with E-state index in [0.717, 1.165) is 56.3 Å². The number of carbonyl (C=O) groups excluding carboxylic acids is 3. The van der Waals surface area contributed by atoms with Crippen LogP contribution in [0.15, 0.2) is 45.4 Å². The van der Waals surface area contributed by atoms with E-state index in [2.05, 4.69) is 36.1 Å². The Morgan fingerprint density at radius 3 is 1.90 bits per heavy atom. The number of nitrogens with one attached hydrogen (secondary N) is 4. The molecule has 4 atom stereocenters. The Balaban J connectivity index is 0.000000173. The summed E-state index contributed by atoms with van der Waals surface area (Å²) in [4.78, 5) is 41.1. The maximum Gasteiger partial charge on any atom is 0.247 e. The van der Waals surface area contributed by atoms with Crippen LogP contribution in [0, 0.1) is 27.7 Å². The number of amides is 3. The first-order valence-corrected chi connectivity index (χ1v) is 24.6. The van der Waals surface area contributed by atoms with Gasteiger partial charge in [0.05, 0.1) is 58.4 Å². The number of nitrogens with zero attached hydrogens (tertiary/aromatic N) is 6. The average Bonchev–Trinajstić information content (AvgIpc) is 4.08. The lowest BCUT2D eigenvalue weighted by Crippen LogP contribution is -2.37. The molecule has 9 rings (SSSR count). The molecule has 3 aromatic heterocycles. The van der Waals surface area contributed by atoms with E-state index in [9.17, 15) is 31.2 Å². The number of sulfonamides is 2. The SMILES string of the molecule is Cc1noc(C)c1-c1ccc(N[C@@H]2CCN(S(C)(=O)=O)C2)c(NC(=O)[C@H]2CCC(=O)N2)c1.Cc1noc(C)c1-c1ccc2c(c1)nc([C@H]1CCC(=O)N1)n2[C@@H]1CCN(S(C)(=O)=O)C1. The number of imidazole rings is 1. The van der Waals surface area contributed by atoms with Gasteiger partial charge in [0.25, 0.3) is 0 Å². The quantitative estimate of drug-likeness (QED) is 0.155. The van der Waals surface area contributed by atoms with Crippen molar-refractivity contribution in [2.24, 2.45) is 0 Å². The van der Waals surface area contributed by atoms with Gasteiger partial charge >= 0.3 is 0 Å². The zero-order valence-electron chi connectivity index (χ0n) is 36.0. The van der Waals surface area contributed by atoms with Crippen molar-refractivity contribution in [1.82, 2.24) is 39.1 Å². The van der Waals surface area contributed by atoms with E-state index in [1.807, 2.05) is 64.1 Å². The number of rotatable bonds is 10. The molecular formula is C42H52N10O9S2. The monoisotopic (exact) mass is 904 g/mol. The summed E-state index contributed by atoms with van der Waals surface area (Å²) in [6, 6.07) is 10.8. The molecule has 336 valence electrons. The lowest BCUT2D eigenvalue weighted by molar-refractivity contribution is -0.122. The van der Waals surface area contributed by atoms with Gasteiger partial charge in [-0.15, -0.1) is 0 Å². The lowest BCUT2D eigenvalue weighted by atomic mass is 10.0. The Morgan fingerprint density at radius 1 is 0.746 bits per heavy atom. The van der Waals surface area contributed by atoms with Gasteiger partial charge in [0.2, 0.25) is 37.8 Å². The molecule has 0 saturated carbocycles. The van der Waals surface area contributed by atoms with Crippen molar-refractivity contribution in [3.8, 4) is 22.3 Å². The molecule has 0 aliphatic carbocycles. The van der Waals surface area contributed by atoms with E-state index in [-0.39, 0.29) is 35.8 Å². The molecule has 21 heteroatoms. The van der Waals surface area contributed by atoms with Gasteiger partial charge in [-0.3, -0.25) is 14.4 Å². The fourth-order valence-electron chi connectivity index (χ4n) is 9.05. The van der Waals surface area contributed by atoms with Crippen LogP contribution < -0.4 is 21.3 Å². The third-order valence-electron chi connectivity index (χ3n) is 12.2. The summed E-state index contributed by atoms with van der Waals surface area (Å²) in [6.07, 6.45) is 5.74. The highest BCUT2D eigenvalue weighted by atomic mass is 32.2. The van der Waals surface area contributed by atoms with Crippen molar-refractivity contribution in [2.75, 3.05) is 49.3 Å². The molecule has 4 saturated heterocycles. The largest absolute Gasteiger partial charge is 0.379 e. The van der Waals surface area contributed by atoms with Crippen molar-refractivity contribution in [1.29, 1.82) is 0 Å². The number of hydrogen-bond acceptors (Lipinski definition) is 13. The van der Waals surface area contributed by atoms with Crippen LogP contribution in [-0.2, 0) is 34.4 Å². The Bertz CT molecular complexity index is 2790. The van der Waals surface area contributed by atoms with Crippen LogP contribution >= 0.6 is 0 Å². The van der Waals surface area contributed by atoms with Gasteiger partial charge < -0.3 is 34.9 Å². The summed E-state index contributed by atoms with van der Waals surface area (Å²) in [5, 5.41) is 20.1. The normalized spacial score (nSPS) is 22.0. The topological polar surface area (TPSA) is 244 Å². The van der Waals surface area contributed by atoms with Gasteiger partial charge in [-0.2, -0.15) is 0 Å². The van der Waals surface area contributed by atoms with E-state index < -0.39 is 26.1 Å². The van der Waals surface area contributed by atoms with E-state index in [1.54, 1.807) is 0 Å². The molecule has 0 radical (unpaired) electrons. The van der Waals surface area contributed by atoms with Crippen molar-refractivity contribution < 1.29 is 40.3 Å². The molecule has 4 aliphatic heterocycles. The molecule has 5 aromatic rings. The smallest absolute Gasteiger partial charge is 0.247 e. The second-order valence-corrected chi connectivity index (χ2v) is 20.8. The molecule has 4 aliphatic rings. The maximum absolute atomic E-state index is 12.8. The average molecular weight is 905 g/mol. The van der Waals surface area contributed by atoms with Gasteiger partial charge in [-0.1, -0.05) is 22.4 Å². The van der Waals surface area contributed by atoms with Crippen LogP contribution in [0.3, 0.4) is 0 Å². The van der Waals surface area contributed by atoms with Crippen molar-refractivity contribution >= 4 is 60.2 Å². The Morgan fingerprint density at radius 2 is 1.35 bits per heavy atom. The van der Waals surface area contributed by atoms with Gasteiger partial charge in [0, 0.05) is 56.2 Å². The number of aromatic nitrogens is 4. The van der Waals surface area contributed by atoms with Crippen molar-refractivity contribution in [2.45, 2.75) is 90.4 Å². The highest BCUT2D eigenvalue weighted by Crippen LogP contribution is 2.37. The van der Waals surface area contributed by atoms with Gasteiger partial charge in [-0.05, 0) is 88.8 Å². The first kappa shape index (κ1) is 44.0. The van der Waals surface area contributed by atoms with Crippen LogP contribution in [0.25, 0.3) is 33.3 Å². The summed E-state index contributed by atoms with van der Waals surface area (Å²) < 4.78 is 63.5. The number of aryl methyl sites for hydroxylation is 4. The second-order valence-electron chi connectivity index (χ2n) is 16.8. The maximum atomic E-state index is 12.8. The number of fused-ring (bicyclic) bond motifs is 1. The molecule has 63 heavy (non-hydrogen) atoms. The van der Waals surface area contributed by atoms with E-state index in [4.69, 9.17) is 14.0 Å². The third-order valence-corrected chi connectivity index (χ3v) is 14.7. The van der Waals surface area contributed by atoms with Gasteiger partial charge in [0.15, 0.2) is 0 Å². The molecule has 2 aromatic carbocycles. The zero-order chi connectivity index (χ0) is 45.0. The minimum Gasteiger partial charge on any atom is -0.379 e. The Kier molecular flexibility index (Phi) is 12.0. The van der Waals surface area contributed by atoms with Crippen molar-refractivity contribution in [3.05, 3.63) is 65.1 Å². The number of carbonyl (C=O) groups is 3. The first-order chi connectivity index (χ1) is 29.8. The van der Waals surface area contributed by atoms with E-state index in [0.29, 0.717) is 81.8 Å². The molecule has 7 heterocycles. The van der Waals surface area contributed by atoms with Gasteiger partial charge in [-0.25, -0.2) is 30.4 Å². The predicted molar refractivity (Wildman–Crippen MR) is 235 cm³/mol. The number of hydrogen-bond donors (Lipinski definition) is 4. The molecular weight excluding hydrogens is 853 g/mol. The van der Waals surface area contributed by atoms with Crippen LogP contribution in [0.4, 0.5) is 11.4 Å². The number of benzene rings is 2. The minimum absolute atomic E-state index is 0.0178. The standard InChI is InChI=1S/C21H27N5O5S.C21H25N5O4S/c1-12-20(13(2)31-25-12)14-4-5-16(22-15-8-9-26(11-15)32(3,29)30)18(10-14)24-21(28)17-6-7-19(27)23-17;1-12-20(13(2)30-24-12)14-4-6-18-17(10-14)23-21(16-5-7-19(27)22-16)26(18)15-8-9-25(11-15)31(3,28)29/h4-5,10,15,17,22H,6-9,11H2,1-3H3,(H,23,27)(H,24,28);4,6,10,15-16H,5,7-9,11H2,1-3H3,(H,22,27)/t15-,17-;15-,16-/m11/s1. The van der Waals surface area contributed by atoms with E-state index >= 15 is 0 Å². The highest BCUT2D eigenvalue weighted by molar-refractivity contribution is 7.88. The molecule has 4 fully saturated rings. The summed E-state index contributed by atoms with van der Waals surface area (Å²) >= 11 is 0. The fraction of sp³-hybridized carbons (Fsp3) is 0.476. The van der Waals surface area contributed by atoms with Crippen LogP contribution in [-0.4, -0.2) is 114 Å². The predicted octanol–water partition coefficient (Wildman–Crippen LogP) is 4.09. The van der Waals surface area contributed by atoms with Crippen molar-refractivity contribution in [3.63, 3.8) is 0 Å². The summed E-state index contributed by atoms with van der Waals surface area (Å²) in [5.74, 6) is 1.79. The first-order valence-electron chi connectivity index (χ1n) is 20.9. The Hall–Kier alpha value is -5.64. The summed E-state index contributed by atoms with van der Waals surface area (Å²) in [6.45, 7) is 9.16. The fourth-order valence-corrected chi connectivity index (χ4v) is 10.8. The summed E-state index contributed by atoms with van der Waals surface area (Å²) in [5.41, 5.74) is 8.15. The molecule has 19 nitrogen and oxygen atoms in total. The molecule has 0 spiro atoms. The second kappa shape index (κ2) is 17.1. The third kappa shape index (κ3) is 9.23. The molecule has 4 N–H and O–H groups in total. The molecule has 0 unspecified atom stereocenters.